The van der Waals surface area contributed by atoms with Gasteiger partial charge >= 0.3 is 0 Å². The van der Waals surface area contributed by atoms with E-state index in [-0.39, 0.29) is 0 Å². The quantitative estimate of drug-likeness (QED) is 0.769. The van der Waals surface area contributed by atoms with E-state index in [9.17, 15) is 0 Å². The molecule has 0 amide bonds. The maximum Gasteiger partial charge on any atom is 0.119 e. The van der Waals surface area contributed by atoms with Crippen LogP contribution in [0, 0.1) is 0 Å². The van der Waals surface area contributed by atoms with Gasteiger partial charge in [-0.25, -0.2) is 4.98 Å². The van der Waals surface area contributed by atoms with Crippen LogP contribution in [0.15, 0.2) is 60.9 Å². The molecular weight excluding hydrogens is 260 g/mol. The van der Waals surface area contributed by atoms with E-state index in [1.165, 1.54) is 16.7 Å². The predicted octanol–water partition coefficient (Wildman–Crippen LogP) is 3.87. The largest absolute Gasteiger partial charge is 0.497 e. The van der Waals surface area contributed by atoms with Crippen LogP contribution < -0.4 is 4.74 Å². The van der Waals surface area contributed by atoms with Gasteiger partial charge in [-0.3, -0.25) is 0 Å². The number of H-pyrrole nitrogens is 1. The zero-order chi connectivity index (χ0) is 14.5. The molecule has 0 aliphatic heterocycles. The molecule has 0 aliphatic rings. The molecule has 1 N–H and O–H groups in total. The number of imidazole rings is 1. The second-order valence-corrected chi connectivity index (χ2v) is 4.92. The second-order valence-electron chi connectivity index (χ2n) is 4.92. The van der Waals surface area contributed by atoms with Crippen molar-refractivity contribution < 1.29 is 4.74 Å². The summed E-state index contributed by atoms with van der Waals surface area (Å²) in [4.78, 5) is 7.44. The molecule has 0 atom stereocenters. The molecule has 0 fully saturated rings. The molecule has 0 radical (unpaired) electrons. The third-order valence-electron chi connectivity index (χ3n) is 3.58. The van der Waals surface area contributed by atoms with Gasteiger partial charge in [0.05, 0.1) is 7.11 Å². The molecule has 3 aromatic rings. The number of nitrogens with one attached hydrogen (secondary N) is 1. The molecule has 3 nitrogen and oxygen atoms in total. The number of hydrogen-bond acceptors (Lipinski definition) is 2. The number of rotatable bonds is 5. The van der Waals surface area contributed by atoms with E-state index in [0.29, 0.717) is 0 Å². The molecule has 1 heterocycles. The van der Waals surface area contributed by atoms with E-state index in [1.807, 2.05) is 18.3 Å². The van der Waals surface area contributed by atoms with Crippen molar-refractivity contribution in [2.75, 3.05) is 7.11 Å². The van der Waals surface area contributed by atoms with Crippen molar-refractivity contribution in [2.24, 2.45) is 0 Å². The zero-order valence-corrected chi connectivity index (χ0v) is 12.0. The SMILES string of the molecule is COc1ccc(-c2ccccc2)c(CCc2ncc[nH]2)c1. The first kappa shape index (κ1) is 13.4. The zero-order valence-electron chi connectivity index (χ0n) is 12.0. The highest BCUT2D eigenvalue weighted by Crippen LogP contribution is 2.28. The Morgan fingerprint density at radius 1 is 1.05 bits per heavy atom. The first-order valence-electron chi connectivity index (χ1n) is 7.07. The number of benzene rings is 2. The number of aromatic nitrogens is 2. The van der Waals surface area contributed by atoms with Crippen LogP contribution in [0.5, 0.6) is 5.75 Å². The summed E-state index contributed by atoms with van der Waals surface area (Å²) in [5, 5.41) is 0. The minimum atomic E-state index is 0.889. The van der Waals surface area contributed by atoms with Gasteiger partial charge in [-0.15, -0.1) is 0 Å². The van der Waals surface area contributed by atoms with Gasteiger partial charge in [0, 0.05) is 18.8 Å². The average Bonchev–Trinajstić information content (AvgIpc) is 3.07. The van der Waals surface area contributed by atoms with Crippen molar-refractivity contribution in [1.29, 1.82) is 0 Å². The van der Waals surface area contributed by atoms with E-state index >= 15 is 0 Å². The van der Waals surface area contributed by atoms with Crippen LogP contribution in [0.25, 0.3) is 11.1 Å². The Hall–Kier alpha value is -2.55. The van der Waals surface area contributed by atoms with Crippen LogP contribution in [0.1, 0.15) is 11.4 Å². The van der Waals surface area contributed by atoms with E-state index in [4.69, 9.17) is 4.74 Å². The highest BCUT2D eigenvalue weighted by Gasteiger charge is 2.08. The number of aryl methyl sites for hydroxylation is 2. The Morgan fingerprint density at radius 2 is 1.90 bits per heavy atom. The van der Waals surface area contributed by atoms with Gasteiger partial charge in [0.2, 0.25) is 0 Å². The molecule has 2 aromatic carbocycles. The van der Waals surface area contributed by atoms with Crippen molar-refractivity contribution >= 4 is 0 Å². The Bertz CT molecular complexity index is 691. The highest BCUT2D eigenvalue weighted by atomic mass is 16.5. The minimum absolute atomic E-state index is 0.889. The first-order valence-corrected chi connectivity index (χ1v) is 7.07. The molecule has 21 heavy (non-hydrogen) atoms. The number of methoxy groups -OCH3 is 1. The molecule has 1 aromatic heterocycles. The fourth-order valence-corrected chi connectivity index (χ4v) is 2.49. The molecule has 0 saturated carbocycles. The maximum atomic E-state index is 5.36. The lowest BCUT2D eigenvalue weighted by Gasteiger charge is -2.11. The van der Waals surface area contributed by atoms with Gasteiger partial charge in [0.25, 0.3) is 0 Å². The van der Waals surface area contributed by atoms with E-state index in [1.54, 1.807) is 13.3 Å². The lowest BCUT2D eigenvalue weighted by atomic mass is 9.96. The highest BCUT2D eigenvalue weighted by molar-refractivity contribution is 5.68. The molecule has 106 valence electrons. The topological polar surface area (TPSA) is 37.9 Å². The summed E-state index contributed by atoms with van der Waals surface area (Å²) < 4.78 is 5.36. The molecule has 3 rings (SSSR count). The summed E-state index contributed by atoms with van der Waals surface area (Å²) in [6, 6.07) is 16.7. The van der Waals surface area contributed by atoms with E-state index in [2.05, 4.69) is 46.4 Å². The molecule has 0 bridgehead atoms. The van der Waals surface area contributed by atoms with Gasteiger partial charge < -0.3 is 9.72 Å². The Kier molecular flexibility index (Phi) is 4.01. The van der Waals surface area contributed by atoms with Crippen LogP contribution in [-0.2, 0) is 12.8 Å². The Balaban J connectivity index is 1.92. The lowest BCUT2D eigenvalue weighted by molar-refractivity contribution is 0.414. The van der Waals surface area contributed by atoms with E-state index < -0.39 is 0 Å². The lowest BCUT2D eigenvalue weighted by Crippen LogP contribution is -1.97. The molecular formula is C18H18N2O. The Morgan fingerprint density at radius 3 is 2.62 bits per heavy atom. The number of hydrogen-bond donors (Lipinski definition) is 1. The normalized spacial score (nSPS) is 10.5. The molecule has 0 unspecified atom stereocenters. The van der Waals surface area contributed by atoms with Crippen molar-refractivity contribution in [1.82, 2.24) is 9.97 Å². The van der Waals surface area contributed by atoms with Gasteiger partial charge in [-0.2, -0.15) is 0 Å². The molecule has 3 heteroatoms. The van der Waals surface area contributed by atoms with Crippen LogP contribution in [0.3, 0.4) is 0 Å². The fourth-order valence-electron chi connectivity index (χ4n) is 2.49. The van der Waals surface area contributed by atoms with Crippen molar-refractivity contribution in [3.8, 4) is 16.9 Å². The standard InChI is InChI=1S/C18H18N2O/c1-21-16-8-9-17(14-5-3-2-4-6-14)15(13-16)7-10-18-19-11-12-20-18/h2-6,8-9,11-13H,7,10H2,1H3,(H,19,20). The van der Waals surface area contributed by atoms with E-state index in [0.717, 1.165) is 24.4 Å². The summed E-state index contributed by atoms with van der Waals surface area (Å²) in [5.74, 6) is 1.90. The summed E-state index contributed by atoms with van der Waals surface area (Å²) >= 11 is 0. The molecule has 0 saturated heterocycles. The van der Waals surface area contributed by atoms with Crippen molar-refractivity contribution in [3.63, 3.8) is 0 Å². The van der Waals surface area contributed by atoms with Gasteiger partial charge in [0.1, 0.15) is 11.6 Å². The van der Waals surface area contributed by atoms with Crippen molar-refractivity contribution in [3.05, 3.63) is 72.3 Å². The average molecular weight is 278 g/mol. The van der Waals surface area contributed by atoms with Gasteiger partial charge in [0.15, 0.2) is 0 Å². The third-order valence-corrected chi connectivity index (χ3v) is 3.58. The van der Waals surface area contributed by atoms with Crippen LogP contribution in [0.4, 0.5) is 0 Å². The third kappa shape index (κ3) is 3.14. The second kappa shape index (κ2) is 6.27. The van der Waals surface area contributed by atoms with Crippen molar-refractivity contribution in [2.45, 2.75) is 12.8 Å². The minimum Gasteiger partial charge on any atom is -0.497 e. The Labute approximate surface area is 124 Å². The number of ether oxygens (including phenoxy) is 1. The van der Waals surface area contributed by atoms with Crippen LogP contribution >= 0.6 is 0 Å². The fraction of sp³-hybridized carbons (Fsp3) is 0.167. The summed E-state index contributed by atoms with van der Waals surface area (Å²) in [6.07, 6.45) is 5.47. The number of nitrogens with zero attached hydrogens (tertiary/aromatic N) is 1. The number of aromatic amines is 1. The van der Waals surface area contributed by atoms with Gasteiger partial charge in [-0.05, 0) is 35.2 Å². The maximum absolute atomic E-state index is 5.36. The van der Waals surface area contributed by atoms with Crippen LogP contribution in [-0.4, -0.2) is 17.1 Å². The first-order chi connectivity index (χ1) is 10.4. The van der Waals surface area contributed by atoms with Crippen LogP contribution in [0.2, 0.25) is 0 Å². The molecule has 0 aliphatic carbocycles. The molecule has 0 spiro atoms. The summed E-state index contributed by atoms with van der Waals surface area (Å²) in [7, 11) is 1.70. The van der Waals surface area contributed by atoms with Gasteiger partial charge in [-0.1, -0.05) is 36.4 Å². The summed E-state index contributed by atoms with van der Waals surface area (Å²) in [5.41, 5.74) is 3.76. The predicted molar refractivity (Wildman–Crippen MR) is 84.4 cm³/mol. The monoisotopic (exact) mass is 278 g/mol. The summed E-state index contributed by atoms with van der Waals surface area (Å²) in [6.45, 7) is 0. The smallest absolute Gasteiger partial charge is 0.119 e.